The molecule has 0 unspecified atom stereocenters. The van der Waals surface area contributed by atoms with E-state index < -0.39 is 0 Å². The van der Waals surface area contributed by atoms with E-state index in [-0.39, 0.29) is 10.8 Å². The van der Waals surface area contributed by atoms with Gasteiger partial charge >= 0.3 is 0 Å². The summed E-state index contributed by atoms with van der Waals surface area (Å²) in [5, 5.41) is 1.10. The van der Waals surface area contributed by atoms with Gasteiger partial charge in [-0.1, -0.05) is 82.4 Å². The summed E-state index contributed by atoms with van der Waals surface area (Å²) in [5.41, 5.74) is 5.22. The molecule has 1 heterocycles. The molecule has 3 atom stereocenters. The van der Waals surface area contributed by atoms with Gasteiger partial charge in [0.05, 0.1) is 10.7 Å². The Balaban J connectivity index is 1.61. The maximum atomic E-state index is 5.54. The molecule has 0 bridgehead atoms. The van der Waals surface area contributed by atoms with Gasteiger partial charge < -0.3 is 4.90 Å². The van der Waals surface area contributed by atoms with Crippen LogP contribution in [0.3, 0.4) is 0 Å². The van der Waals surface area contributed by atoms with E-state index in [0.29, 0.717) is 11.8 Å². The second kappa shape index (κ2) is 8.43. The molecule has 2 nitrogen and oxygen atoms in total. The number of benzene rings is 1. The van der Waals surface area contributed by atoms with Crippen LogP contribution in [0.2, 0.25) is 0 Å². The van der Waals surface area contributed by atoms with E-state index in [0.717, 1.165) is 29.0 Å². The van der Waals surface area contributed by atoms with Crippen molar-refractivity contribution in [3.8, 4) is 0 Å². The number of hydrogen-bond acceptors (Lipinski definition) is 3. The highest BCUT2D eigenvalue weighted by molar-refractivity contribution is 8.15. The number of thioether (sulfide) groups is 1. The molecule has 30 heavy (non-hydrogen) atoms. The van der Waals surface area contributed by atoms with Gasteiger partial charge in [-0.15, -0.1) is 6.58 Å². The maximum absolute atomic E-state index is 5.54. The van der Waals surface area contributed by atoms with Crippen molar-refractivity contribution in [1.29, 1.82) is 0 Å². The highest BCUT2D eigenvalue weighted by Gasteiger charge is 2.51. The number of amidine groups is 1. The molecule has 0 spiro atoms. The number of fused-ring (bicyclic) bond motifs is 3. The molecule has 0 amide bonds. The van der Waals surface area contributed by atoms with Crippen LogP contribution in [0.5, 0.6) is 0 Å². The summed E-state index contributed by atoms with van der Waals surface area (Å²) in [6, 6.07) is 7.34. The second-order valence-corrected chi connectivity index (χ2v) is 11.7. The number of thiocarbonyl (C=S) groups is 1. The fraction of sp³-hybridized carbons (Fsp3) is 0.615. The van der Waals surface area contributed by atoms with Gasteiger partial charge in [0.25, 0.3) is 0 Å². The molecule has 0 radical (unpaired) electrons. The molecular weight excluding hydrogens is 404 g/mol. The van der Waals surface area contributed by atoms with Crippen LogP contribution >= 0.6 is 24.0 Å². The van der Waals surface area contributed by atoms with Crippen LogP contribution < -0.4 is 0 Å². The molecule has 4 rings (SSSR count). The van der Waals surface area contributed by atoms with E-state index in [1.54, 1.807) is 22.9 Å². The van der Waals surface area contributed by atoms with Crippen molar-refractivity contribution in [3.05, 3.63) is 47.5 Å². The molecule has 1 aliphatic heterocycles. The van der Waals surface area contributed by atoms with Gasteiger partial charge in [-0.2, -0.15) is 0 Å². The zero-order chi connectivity index (χ0) is 21.5. The number of aliphatic imine (C=N–C) groups is 1. The van der Waals surface area contributed by atoms with E-state index >= 15 is 0 Å². The molecule has 2 aliphatic carbocycles. The first-order valence-corrected chi connectivity index (χ1v) is 12.9. The number of rotatable bonds is 5. The summed E-state index contributed by atoms with van der Waals surface area (Å²) in [7, 11) is 0. The van der Waals surface area contributed by atoms with Gasteiger partial charge in [0.2, 0.25) is 0 Å². The van der Waals surface area contributed by atoms with E-state index in [1.165, 1.54) is 37.7 Å². The van der Waals surface area contributed by atoms with Crippen molar-refractivity contribution >= 4 is 34.1 Å². The summed E-state index contributed by atoms with van der Waals surface area (Å²) in [6.45, 7) is 15.2. The summed E-state index contributed by atoms with van der Waals surface area (Å²) in [4.78, 5) is 8.31. The van der Waals surface area contributed by atoms with Gasteiger partial charge in [-0.05, 0) is 65.0 Å². The Labute approximate surface area is 192 Å². The first-order valence-electron chi connectivity index (χ1n) is 11.5. The Morgan fingerprint density at radius 1 is 1.33 bits per heavy atom. The molecular formula is C26H36N2S2. The van der Waals surface area contributed by atoms with Crippen LogP contribution in [-0.2, 0) is 11.8 Å². The SMILES string of the molecule is C=CCN1C(=S)CSC1=NC[C@]1(C)CCC[C@]2(C)c3ccc(C(C)C)cc3CC[C@@H]12. The topological polar surface area (TPSA) is 15.6 Å². The van der Waals surface area contributed by atoms with Crippen molar-refractivity contribution in [2.75, 3.05) is 18.8 Å². The maximum Gasteiger partial charge on any atom is 0.164 e. The van der Waals surface area contributed by atoms with Gasteiger partial charge in [-0.3, -0.25) is 4.99 Å². The number of hydrogen-bond donors (Lipinski definition) is 0. The van der Waals surface area contributed by atoms with Crippen LogP contribution in [-0.4, -0.2) is 33.9 Å². The van der Waals surface area contributed by atoms with Crippen molar-refractivity contribution in [2.45, 2.75) is 71.1 Å². The molecule has 4 heteroatoms. The Morgan fingerprint density at radius 2 is 2.13 bits per heavy atom. The third-order valence-corrected chi connectivity index (χ3v) is 9.48. The lowest BCUT2D eigenvalue weighted by Gasteiger charge is -2.55. The fourth-order valence-electron chi connectivity index (χ4n) is 6.27. The summed E-state index contributed by atoms with van der Waals surface area (Å²) >= 11 is 7.33. The monoisotopic (exact) mass is 440 g/mol. The van der Waals surface area contributed by atoms with Crippen molar-refractivity contribution in [2.24, 2.45) is 16.3 Å². The predicted octanol–water partition coefficient (Wildman–Crippen LogP) is 6.74. The highest BCUT2D eigenvalue weighted by atomic mass is 32.2. The van der Waals surface area contributed by atoms with Crippen LogP contribution in [0.1, 0.15) is 76.0 Å². The Bertz CT molecular complexity index is 874. The molecule has 0 aromatic heterocycles. The number of aryl methyl sites for hydroxylation is 1. The van der Waals surface area contributed by atoms with Gasteiger partial charge in [0.1, 0.15) is 0 Å². The van der Waals surface area contributed by atoms with Crippen LogP contribution in [0.4, 0.5) is 0 Å². The predicted molar refractivity (Wildman–Crippen MR) is 136 cm³/mol. The molecule has 1 saturated heterocycles. The van der Waals surface area contributed by atoms with Crippen LogP contribution in [0.25, 0.3) is 0 Å². The molecule has 1 saturated carbocycles. The van der Waals surface area contributed by atoms with Gasteiger partial charge in [0.15, 0.2) is 5.17 Å². The molecule has 3 aliphatic rings. The van der Waals surface area contributed by atoms with E-state index in [2.05, 4.69) is 57.4 Å². The average molecular weight is 441 g/mol. The molecule has 0 N–H and O–H groups in total. The minimum absolute atomic E-state index is 0.249. The van der Waals surface area contributed by atoms with Gasteiger partial charge in [0, 0.05) is 13.1 Å². The number of nitrogens with zero attached hydrogens (tertiary/aromatic N) is 2. The lowest BCUT2D eigenvalue weighted by molar-refractivity contribution is 0.0330. The van der Waals surface area contributed by atoms with Crippen molar-refractivity contribution in [1.82, 2.24) is 4.90 Å². The van der Waals surface area contributed by atoms with Crippen LogP contribution in [0.15, 0.2) is 35.8 Å². The highest BCUT2D eigenvalue weighted by Crippen LogP contribution is 2.57. The van der Waals surface area contributed by atoms with E-state index in [1.807, 2.05) is 6.08 Å². The summed E-state index contributed by atoms with van der Waals surface area (Å²) in [5.74, 6) is 2.17. The average Bonchev–Trinajstić information content (AvgIpc) is 3.06. The summed E-state index contributed by atoms with van der Waals surface area (Å²) in [6.07, 6.45) is 8.30. The quantitative estimate of drug-likeness (QED) is 0.372. The first kappa shape index (κ1) is 22.1. The fourth-order valence-corrected chi connectivity index (χ4v) is 7.57. The lowest BCUT2D eigenvalue weighted by Crippen LogP contribution is -2.50. The van der Waals surface area contributed by atoms with E-state index in [9.17, 15) is 0 Å². The van der Waals surface area contributed by atoms with Crippen molar-refractivity contribution in [3.63, 3.8) is 0 Å². The molecule has 1 aromatic carbocycles. The minimum Gasteiger partial charge on any atom is -0.311 e. The van der Waals surface area contributed by atoms with Crippen molar-refractivity contribution < 1.29 is 0 Å². The largest absolute Gasteiger partial charge is 0.311 e. The first-order chi connectivity index (χ1) is 14.3. The van der Waals surface area contributed by atoms with Gasteiger partial charge in [-0.25, -0.2) is 0 Å². The van der Waals surface area contributed by atoms with Crippen LogP contribution in [0, 0.1) is 11.3 Å². The Kier molecular flexibility index (Phi) is 6.20. The molecule has 1 aromatic rings. The van der Waals surface area contributed by atoms with E-state index in [4.69, 9.17) is 17.2 Å². The lowest BCUT2D eigenvalue weighted by atomic mass is 9.50. The normalized spacial score (nSPS) is 32.4. The zero-order valence-electron chi connectivity index (χ0n) is 19.0. The zero-order valence-corrected chi connectivity index (χ0v) is 20.7. The third kappa shape index (κ3) is 3.79. The standard InChI is InChI=1S/C26H36N2S2/c1-6-14-28-23(29)16-30-24(28)27-17-25(4)12-7-13-26(5)21-10-8-19(18(2)3)15-20(21)9-11-22(25)26/h6,8,10,15,18,22H,1,7,9,11-14,16-17H2,2-5H3/t22-,25-,26+/m0/s1. The third-order valence-electron chi connectivity index (χ3n) is 7.91. The minimum atomic E-state index is 0.249. The Hall–Kier alpha value is -1.13. The second-order valence-electron chi connectivity index (χ2n) is 10.3. The summed E-state index contributed by atoms with van der Waals surface area (Å²) < 4.78 is 0. The Morgan fingerprint density at radius 3 is 2.87 bits per heavy atom. The molecule has 2 fully saturated rings. The molecule has 162 valence electrons. The smallest absolute Gasteiger partial charge is 0.164 e.